The predicted octanol–water partition coefficient (Wildman–Crippen LogP) is 1.49. The second-order valence-corrected chi connectivity index (χ2v) is 7.29. The van der Waals surface area contributed by atoms with Crippen LogP contribution < -0.4 is 25.6 Å². The SMILES string of the molecule is CC(=O)NCCNC(C)(C)C(=O)NC1CCN(c2ccccc2OC(F)F)C1. The summed E-state index contributed by atoms with van der Waals surface area (Å²) in [5.74, 6) is -0.144. The highest BCUT2D eigenvalue weighted by Gasteiger charge is 2.32. The van der Waals surface area contributed by atoms with Crippen LogP contribution in [0.25, 0.3) is 0 Å². The molecule has 1 fully saturated rings. The Hall–Kier alpha value is -2.42. The van der Waals surface area contributed by atoms with E-state index in [0.29, 0.717) is 38.3 Å². The van der Waals surface area contributed by atoms with E-state index in [2.05, 4.69) is 20.7 Å². The number of nitrogens with zero attached hydrogens (tertiary/aromatic N) is 1. The lowest BCUT2D eigenvalue weighted by Crippen LogP contribution is -2.56. The van der Waals surface area contributed by atoms with Crippen molar-refractivity contribution in [2.45, 2.75) is 45.4 Å². The van der Waals surface area contributed by atoms with Crippen LogP contribution in [-0.4, -0.2) is 56.2 Å². The quantitative estimate of drug-likeness (QED) is 0.549. The second-order valence-electron chi connectivity index (χ2n) is 7.29. The van der Waals surface area contributed by atoms with Crippen molar-refractivity contribution in [3.8, 4) is 5.75 Å². The lowest BCUT2D eigenvalue weighted by Gasteiger charge is -2.27. The maximum absolute atomic E-state index is 12.6. The molecule has 3 N–H and O–H groups in total. The Labute approximate surface area is 163 Å². The molecular weight excluding hydrogens is 370 g/mol. The van der Waals surface area contributed by atoms with Crippen molar-refractivity contribution in [3.05, 3.63) is 24.3 Å². The van der Waals surface area contributed by atoms with Crippen LogP contribution in [0.4, 0.5) is 14.5 Å². The topological polar surface area (TPSA) is 82.7 Å². The molecule has 1 saturated heterocycles. The molecule has 1 aliphatic heterocycles. The molecule has 0 bridgehead atoms. The molecule has 0 spiro atoms. The van der Waals surface area contributed by atoms with Crippen molar-refractivity contribution in [1.82, 2.24) is 16.0 Å². The molecule has 2 rings (SSSR count). The third-order valence-electron chi connectivity index (χ3n) is 4.58. The summed E-state index contributed by atoms with van der Waals surface area (Å²) in [6.45, 7) is 4.14. The van der Waals surface area contributed by atoms with E-state index in [0.717, 1.165) is 0 Å². The number of amides is 2. The van der Waals surface area contributed by atoms with E-state index in [4.69, 9.17) is 0 Å². The van der Waals surface area contributed by atoms with Crippen LogP contribution in [0.5, 0.6) is 5.75 Å². The van der Waals surface area contributed by atoms with Gasteiger partial charge in [-0.1, -0.05) is 12.1 Å². The summed E-state index contributed by atoms with van der Waals surface area (Å²) in [6.07, 6.45) is 0.705. The zero-order chi connectivity index (χ0) is 20.7. The largest absolute Gasteiger partial charge is 0.433 e. The first-order chi connectivity index (χ1) is 13.2. The summed E-state index contributed by atoms with van der Waals surface area (Å²) in [4.78, 5) is 25.4. The van der Waals surface area contributed by atoms with Crippen molar-refractivity contribution >= 4 is 17.5 Å². The van der Waals surface area contributed by atoms with Gasteiger partial charge in [0, 0.05) is 39.1 Å². The highest BCUT2D eigenvalue weighted by atomic mass is 19.3. The molecule has 1 atom stereocenters. The maximum Gasteiger partial charge on any atom is 0.387 e. The Morgan fingerprint density at radius 3 is 2.68 bits per heavy atom. The van der Waals surface area contributed by atoms with Gasteiger partial charge >= 0.3 is 6.61 Å². The average Bonchev–Trinajstić information content (AvgIpc) is 3.07. The Morgan fingerprint density at radius 1 is 1.29 bits per heavy atom. The van der Waals surface area contributed by atoms with Gasteiger partial charge in [-0.15, -0.1) is 0 Å². The fourth-order valence-electron chi connectivity index (χ4n) is 3.07. The van der Waals surface area contributed by atoms with Crippen LogP contribution in [-0.2, 0) is 9.59 Å². The molecule has 0 radical (unpaired) electrons. The molecule has 0 saturated carbocycles. The molecule has 9 heteroatoms. The van der Waals surface area contributed by atoms with Crippen LogP contribution >= 0.6 is 0 Å². The van der Waals surface area contributed by atoms with E-state index >= 15 is 0 Å². The van der Waals surface area contributed by atoms with Crippen LogP contribution in [0.3, 0.4) is 0 Å². The molecule has 2 amide bonds. The number of carbonyl (C=O) groups is 2. The summed E-state index contributed by atoms with van der Waals surface area (Å²) < 4.78 is 29.8. The molecule has 0 aliphatic carbocycles. The first-order valence-electron chi connectivity index (χ1n) is 9.28. The van der Waals surface area contributed by atoms with E-state index in [9.17, 15) is 18.4 Å². The molecule has 1 unspecified atom stereocenters. The smallest absolute Gasteiger partial charge is 0.387 e. The van der Waals surface area contributed by atoms with Crippen molar-refractivity contribution in [2.24, 2.45) is 0 Å². The van der Waals surface area contributed by atoms with Gasteiger partial charge in [0.15, 0.2) is 0 Å². The second kappa shape index (κ2) is 9.68. The van der Waals surface area contributed by atoms with Gasteiger partial charge in [0.05, 0.1) is 11.2 Å². The number of benzene rings is 1. The van der Waals surface area contributed by atoms with Crippen LogP contribution in [0.2, 0.25) is 0 Å². The van der Waals surface area contributed by atoms with Gasteiger partial charge in [0.2, 0.25) is 11.8 Å². The minimum absolute atomic E-state index is 0.0940. The van der Waals surface area contributed by atoms with Gasteiger partial charge in [0.25, 0.3) is 0 Å². The fourth-order valence-corrected chi connectivity index (χ4v) is 3.07. The van der Waals surface area contributed by atoms with E-state index in [-0.39, 0.29) is 23.6 Å². The number of carbonyl (C=O) groups excluding carboxylic acids is 2. The minimum atomic E-state index is -2.89. The summed E-state index contributed by atoms with van der Waals surface area (Å²) in [5.41, 5.74) is -0.213. The number of alkyl halides is 2. The first-order valence-corrected chi connectivity index (χ1v) is 9.28. The average molecular weight is 398 g/mol. The number of hydrogen-bond acceptors (Lipinski definition) is 5. The Morgan fingerprint density at radius 2 is 2.00 bits per heavy atom. The third-order valence-corrected chi connectivity index (χ3v) is 4.58. The van der Waals surface area contributed by atoms with E-state index in [1.54, 1.807) is 32.0 Å². The molecule has 0 aromatic heterocycles. The van der Waals surface area contributed by atoms with Gasteiger partial charge in [-0.3, -0.25) is 9.59 Å². The van der Waals surface area contributed by atoms with E-state index < -0.39 is 12.2 Å². The summed E-state index contributed by atoms with van der Waals surface area (Å²) >= 11 is 0. The molecule has 28 heavy (non-hydrogen) atoms. The summed E-state index contributed by atoms with van der Waals surface area (Å²) in [5, 5.41) is 8.80. The predicted molar refractivity (Wildman–Crippen MR) is 103 cm³/mol. The number of anilines is 1. The van der Waals surface area contributed by atoms with Crippen molar-refractivity contribution in [1.29, 1.82) is 0 Å². The minimum Gasteiger partial charge on any atom is -0.433 e. The summed E-state index contributed by atoms with van der Waals surface area (Å²) in [6, 6.07) is 6.56. The van der Waals surface area contributed by atoms with Crippen molar-refractivity contribution < 1.29 is 23.1 Å². The number of halogens is 2. The monoisotopic (exact) mass is 398 g/mol. The van der Waals surface area contributed by atoms with Crippen LogP contribution in [0.15, 0.2) is 24.3 Å². The van der Waals surface area contributed by atoms with Crippen LogP contribution in [0, 0.1) is 0 Å². The van der Waals surface area contributed by atoms with Crippen molar-refractivity contribution in [2.75, 3.05) is 31.1 Å². The van der Waals surface area contributed by atoms with Crippen LogP contribution in [0.1, 0.15) is 27.2 Å². The van der Waals surface area contributed by atoms with Gasteiger partial charge < -0.3 is 25.6 Å². The maximum atomic E-state index is 12.6. The molecule has 1 aliphatic rings. The molecule has 7 nitrogen and oxygen atoms in total. The number of ether oxygens (including phenoxy) is 1. The lowest BCUT2D eigenvalue weighted by atomic mass is 10.0. The number of para-hydroxylation sites is 2. The van der Waals surface area contributed by atoms with Crippen molar-refractivity contribution in [3.63, 3.8) is 0 Å². The van der Waals surface area contributed by atoms with E-state index in [1.165, 1.54) is 13.0 Å². The number of hydrogen-bond donors (Lipinski definition) is 3. The highest BCUT2D eigenvalue weighted by Crippen LogP contribution is 2.31. The zero-order valence-electron chi connectivity index (χ0n) is 16.4. The molecule has 156 valence electrons. The Balaban J connectivity index is 1.88. The van der Waals surface area contributed by atoms with E-state index in [1.807, 2.05) is 4.90 Å². The molecular formula is C19H28F2N4O3. The Kier molecular flexibility index (Phi) is 7.56. The van der Waals surface area contributed by atoms with Gasteiger partial charge in [-0.25, -0.2) is 0 Å². The Bertz CT molecular complexity index is 685. The number of nitrogens with one attached hydrogen (secondary N) is 3. The van der Waals surface area contributed by atoms with Gasteiger partial charge in [-0.05, 0) is 32.4 Å². The van der Waals surface area contributed by atoms with Gasteiger partial charge in [0.1, 0.15) is 5.75 Å². The van der Waals surface area contributed by atoms with Gasteiger partial charge in [-0.2, -0.15) is 8.78 Å². The molecule has 1 aromatic rings. The molecule has 1 aromatic carbocycles. The highest BCUT2D eigenvalue weighted by molar-refractivity contribution is 5.85. The lowest BCUT2D eigenvalue weighted by molar-refractivity contribution is -0.127. The first kappa shape index (κ1) is 21.9. The standard InChI is InChI=1S/C19H28F2N4O3/c1-13(26)22-9-10-23-19(2,3)17(27)24-14-8-11-25(12-14)15-6-4-5-7-16(15)28-18(20)21/h4-7,14,18,23H,8-12H2,1-3H3,(H,22,26)(H,24,27). The fraction of sp³-hybridized carbons (Fsp3) is 0.579. The third kappa shape index (κ3) is 6.33. The normalized spacial score (nSPS) is 16.9. The number of rotatable bonds is 9. The summed E-state index contributed by atoms with van der Waals surface area (Å²) in [7, 11) is 0. The zero-order valence-corrected chi connectivity index (χ0v) is 16.4. The molecule has 1 heterocycles.